The fraction of sp³-hybridized carbons (Fsp3) is 0.926. The minimum Gasteiger partial charge on any atom is -0.300 e. The largest absolute Gasteiger partial charge is 0.300 e. The van der Waals surface area contributed by atoms with Crippen molar-refractivity contribution in [3.05, 3.63) is 0 Å². The molecule has 0 aromatic heterocycles. The molecule has 4 aliphatic rings. The summed E-state index contributed by atoms with van der Waals surface area (Å²) in [7, 11) is 0. The maximum atomic E-state index is 13.2. The number of ketones is 2. The van der Waals surface area contributed by atoms with Crippen LogP contribution in [0.2, 0.25) is 0 Å². The van der Waals surface area contributed by atoms with E-state index in [2.05, 4.69) is 34.6 Å². The van der Waals surface area contributed by atoms with Crippen molar-refractivity contribution in [2.75, 3.05) is 0 Å². The van der Waals surface area contributed by atoms with Gasteiger partial charge in [-0.05, 0) is 78.4 Å². The molecule has 0 N–H and O–H groups in total. The molecule has 0 amide bonds. The van der Waals surface area contributed by atoms with Crippen LogP contribution in [0.25, 0.3) is 0 Å². The molecule has 29 heavy (non-hydrogen) atoms. The number of hydrogen-bond acceptors (Lipinski definition) is 2. The van der Waals surface area contributed by atoms with Crippen molar-refractivity contribution in [3.63, 3.8) is 0 Å². The fourth-order valence-electron chi connectivity index (χ4n) is 8.86. The molecule has 164 valence electrons. The summed E-state index contributed by atoms with van der Waals surface area (Å²) in [5, 5.41) is 0. The Hall–Kier alpha value is -0.660. The van der Waals surface area contributed by atoms with Gasteiger partial charge in [-0.3, -0.25) is 9.59 Å². The summed E-state index contributed by atoms with van der Waals surface area (Å²) < 4.78 is 0. The van der Waals surface area contributed by atoms with Gasteiger partial charge >= 0.3 is 0 Å². The topological polar surface area (TPSA) is 34.1 Å². The van der Waals surface area contributed by atoms with E-state index in [1.165, 1.54) is 44.9 Å². The smallest absolute Gasteiger partial charge is 0.137 e. The Morgan fingerprint density at radius 3 is 2.34 bits per heavy atom. The highest BCUT2D eigenvalue weighted by Gasteiger charge is 2.62. The Kier molecular flexibility index (Phi) is 5.79. The Labute approximate surface area is 179 Å². The molecule has 0 saturated heterocycles. The number of fused-ring (bicyclic) bond motifs is 5. The average molecular weight is 401 g/mol. The lowest BCUT2D eigenvalue weighted by molar-refractivity contribution is -0.159. The van der Waals surface area contributed by atoms with Gasteiger partial charge in [0.15, 0.2) is 0 Å². The summed E-state index contributed by atoms with van der Waals surface area (Å²) in [6.45, 7) is 12.2. The average Bonchev–Trinajstić information content (AvgIpc) is 3.00. The van der Waals surface area contributed by atoms with Gasteiger partial charge in [-0.2, -0.15) is 0 Å². The van der Waals surface area contributed by atoms with Gasteiger partial charge in [-0.15, -0.1) is 0 Å². The Morgan fingerprint density at radius 1 is 0.897 bits per heavy atom. The predicted molar refractivity (Wildman–Crippen MR) is 118 cm³/mol. The second kappa shape index (κ2) is 7.79. The lowest BCUT2D eigenvalue weighted by atomic mass is 9.44. The Morgan fingerprint density at radius 2 is 1.62 bits per heavy atom. The normalized spacial score (nSPS) is 45.7. The van der Waals surface area contributed by atoms with Crippen LogP contribution >= 0.6 is 0 Å². The SMILES string of the molecule is CC(C)CCC[C@H](C)[C@H]1CC[C@H]2[C@@H]3CC(=O)[C@@H]4CC(=O)CC[C@]4(C)[C@H]3CC[C@]12C. The number of Topliss-reactive ketones (excluding diaryl/α,β-unsaturated/α-hetero) is 2. The zero-order chi connectivity index (χ0) is 21.0. The number of carbonyl (C=O) groups is 2. The van der Waals surface area contributed by atoms with E-state index in [4.69, 9.17) is 0 Å². The molecule has 0 aromatic rings. The first-order valence-corrected chi connectivity index (χ1v) is 12.7. The van der Waals surface area contributed by atoms with Crippen molar-refractivity contribution in [2.24, 2.45) is 52.3 Å². The minimum absolute atomic E-state index is 0.0292. The van der Waals surface area contributed by atoms with Crippen molar-refractivity contribution >= 4 is 11.6 Å². The summed E-state index contributed by atoms with van der Waals surface area (Å²) in [6, 6.07) is 0. The maximum Gasteiger partial charge on any atom is 0.137 e. The first-order chi connectivity index (χ1) is 13.7. The van der Waals surface area contributed by atoms with Crippen molar-refractivity contribution < 1.29 is 9.59 Å². The van der Waals surface area contributed by atoms with E-state index in [0.29, 0.717) is 41.7 Å². The van der Waals surface area contributed by atoms with Gasteiger partial charge in [0.1, 0.15) is 11.6 Å². The molecule has 0 unspecified atom stereocenters. The third kappa shape index (κ3) is 3.55. The van der Waals surface area contributed by atoms with E-state index in [0.717, 1.165) is 36.5 Å². The summed E-state index contributed by atoms with van der Waals surface area (Å²) >= 11 is 0. The van der Waals surface area contributed by atoms with E-state index in [1.807, 2.05) is 0 Å². The molecule has 0 aromatic carbocycles. The van der Waals surface area contributed by atoms with Crippen LogP contribution in [0.4, 0.5) is 0 Å². The van der Waals surface area contributed by atoms with Crippen molar-refractivity contribution in [2.45, 2.75) is 105 Å². The standard InChI is InChI=1S/C27H44O2/c1-17(2)7-6-8-18(3)21-9-10-22-20-16-25(29)24-15-19(28)11-13-27(24,5)23(20)12-14-26(21,22)4/h17-18,20-24H,6-16H2,1-5H3/t18-,20-,21+,22-,23-,24-,26+,27+/m0/s1. The highest BCUT2D eigenvalue weighted by atomic mass is 16.1. The molecule has 0 spiro atoms. The fourth-order valence-corrected chi connectivity index (χ4v) is 8.86. The van der Waals surface area contributed by atoms with Crippen molar-refractivity contribution in [1.29, 1.82) is 0 Å². The van der Waals surface area contributed by atoms with E-state index >= 15 is 0 Å². The van der Waals surface area contributed by atoms with Crippen molar-refractivity contribution in [1.82, 2.24) is 0 Å². The first-order valence-electron chi connectivity index (χ1n) is 12.7. The number of hydrogen-bond donors (Lipinski definition) is 0. The van der Waals surface area contributed by atoms with Gasteiger partial charge in [0.2, 0.25) is 0 Å². The van der Waals surface area contributed by atoms with E-state index in [9.17, 15) is 9.59 Å². The van der Waals surface area contributed by atoms with Gasteiger partial charge in [-0.25, -0.2) is 0 Å². The lowest BCUT2D eigenvalue weighted by Crippen LogP contribution is -2.56. The molecule has 0 bridgehead atoms. The molecule has 0 heterocycles. The third-order valence-electron chi connectivity index (χ3n) is 10.5. The second-order valence-corrected chi connectivity index (χ2v) is 12.4. The van der Waals surface area contributed by atoms with E-state index < -0.39 is 0 Å². The molecule has 4 fully saturated rings. The molecule has 2 heteroatoms. The Balaban J connectivity index is 1.51. The highest BCUT2D eigenvalue weighted by molar-refractivity contribution is 5.90. The molecular formula is C27H44O2. The van der Waals surface area contributed by atoms with Crippen LogP contribution in [-0.2, 0) is 9.59 Å². The van der Waals surface area contributed by atoms with Crippen LogP contribution in [-0.4, -0.2) is 11.6 Å². The molecule has 0 radical (unpaired) electrons. The third-order valence-corrected chi connectivity index (χ3v) is 10.5. The lowest BCUT2D eigenvalue weighted by Gasteiger charge is -2.59. The van der Waals surface area contributed by atoms with Crippen LogP contribution in [0.1, 0.15) is 105 Å². The van der Waals surface area contributed by atoms with E-state index in [-0.39, 0.29) is 11.3 Å². The van der Waals surface area contributed by atoms with E-state index in [1.54, 1.807) is 0 Å². The van der Waals surface area contributed by atoms with Gasteiger partial charge in [0.05, 0.1) is 0 Å². The molecule has 0 aliphatic heterocycles. The molecule has 8 atom stereocenters. The maximum absolute atomic E-state index is 13.2. The van der Waals surface area contributed by atoms with Crippen LogP contribution in [0.15, 0.2) is 0 Å². The van der Waals surface area contributed by atoms with Gasteiger partial charge < -0.3 is 0 Å². The Bertz CT molecular complexity index is 651. The molecule has 4 rings (SSSR count). The van der Waals surface area contributed by atoms with Crippen LogP contribution in [0.5, 0.6) is 0 Å². The quantitative estimate of drug-likeness (QED) is 0.505. The van der Waals surface area contributed by atoms with Crippen LogP contribution in [0, 0.1) is 52.3 Å². The van der Waals surface area contributed by atoms with Crippen molar-refractivity contribution in [3.8, 4) is 0 Å². The highest BCUT2D eigenvalue weighted by Crippen LogP contribution is 2.67. The first kappa shape index (κ1) is 21.6. The molecule has 2 nitrogen and oxygen atoms in total. The van der Waals surface area contributed by atoms with Gasteiger partial charge in [0.25, 0.3) is 0 Å². The van der Waals surface area contributed by atoms with Gasteiger partial charge in [0, 0.05) is 25.2 Å². The second-order valence-electron chi connectivity index (χ2n) is 12.4. The summed E-state index contributed by atoms with van der Waals surface area (Å²) in [6.07, 6.45) is 12.4. The zero-order valence-electron chi connectivity index (χ0n) is 19.6. The van der Waals surface area contributed by atoms with Crippen LogP contribution < -0.4 is 0 Å². The molecule has 4 aliphatic carbocycles. The zero-order valence-corrected chi connectivity index (χ0v) is 19.6. The number of rotatable bonds is 5. The minimum atomic E-state index is 0.0292. The summed E-state index contributed by atoms with van der Waals surface area (Å²) in [5.41, 5.74) is 0.530. The predicted octanol–water partition coefficient (Wildman–Crippen LogP) is 6.86. The number of carbonyl (C=O) groups excluding carboxylic acids is 2. The molecular weight excluding hydrogens is 356 g/mol. The van der Waals surface area contributed by atoms with Crippen LogP contribution in [0.3, 0.4) is 0 Å². The molecule has 4 saturated carbocycles. The summed E-state index contributed by atoms with van der Waals surface area (Å²) in [4.78, 5) is 25.3. The summed E-state index contributed by atoms with van der Waals surface area (Å²) in [5.74, 6) is 5.25. The monoisotopic (exact) mass is 400 g/mol. The van der Waals surface area contributed by atoms with Gasteiger partial charge in [-0.1, -0.05) is 53.9 Å².